The van der Waals surface area contributed by atoms with Crippen LogP contribution in [0.5, 0.6) is 0 Å². The predicted molar refractivity (Wildman–Crippen MR) is 75.9 cm³/mol. The number of hydrogen-bond donors (Lipinski definition) is 0. The maximum absolute atomic E-state index is 12.2. The van der Waals surface area contributed by atoms with E-state index in [-0.39, 0.29) is 5.91 Å². The minimum absolute atomic E-state index is 0.245. The van der Waals surface area contributed by atoms with Gasteiger partial charge in [0.05, 0.1) is 11.9 Å². The second-order valence-electron chi connectivity index (χ2n) is 5.15. The normalized spacial score (nSPS) is 15.7. The lowest BCUT2D eigenvalue weighted by molar-refractivity contribution is -0.131. The molecule has 0 bridgehead atoms. The number of pyridine rings is 1. The molecule has 1 amide bonds. The van der Waals surface area contributed by atoms with Crippen LogP contribution in [0, 0.1) is 0 Å². The average molecular weight is 254 g/mol. The summed E-state index contributed by atoms with van der Waals surface area (Å²) in [6, 6.07) is 10.1. The van der Waals surface area contributed by atoms with Gasteiger partial charge >= 0.3 is 0 Å². The van der Waals surface area contributed by atoms with Crippen molar-refractivity contribution >= 4 is 16.8 Å². The van der Waals surface area contributed by atoms with Crippen LogP contribution in [-0.4, -0.2) is 28.9 Å². The fourth-order valence-corrected chi connectivity index (χ4v) is 2.65. The van der Waals surface area contributed by atoms with Crippen LogP contribution in [0.15, 0.2) is 36.5 Å². The number of nitrogens with zero attached hydrogens (tertiary/aromatic N) is 2. The number of fused-ring (bicyclic) bond motifs is 1. The van der Waals surface area contributed by atoms with Crippen LogP contribution in [0.25, 0.3) is 10.9 Å². The molecule has 1 fully saturated rings. The van der Waals surface area contributed by atoms with E-state index in [9.17, 15) is 4.79 Å². The highest BCUT2D eigenvalue weighted by Gasteiger charge is 2.16. The van der Waals surface area contributed by atoms with Crippen molar-refractivity contribution in [2.75, 3.05) is 13.1 Å². The van der Waals surface area contributed by atoms with Crippen LogP contribution in [0.4, 0.5) is 0 Å². The van der Waals surface area contributed by atoms with Gasteiger partial charge in [-0.2, -0.15) is 0 Å². The third-order valence-electron chi connectivity index (χ3n) is 3.73. The summed E-state index contributed by atoms with van der Waals surface area (Å²) in [5.41, 5.74) is 2.02. The summed E-state index contributed by atoms with van der Waals surface area (Å²) in [6.07, 6.45) is 5.82. The van der Waals surface area contributed by atoms with Gasteiger partial charge < -0.3 is 4.90 Å². The quantitative estimate of drug-likeness (QED) is 0.825. The number of rotatable bonds is 2. The van der Waals surface area contributed by atoms with E-state index in [0.717, 1.165) is 42.4 Å². The monoisotopic (exact) mass is 254 g/mol. The SMILES string of the molecule is O=C(Cc1ccc2cccnc2c1)N1CCCCC1. The highest BCUT2D eigenvalue weighted by Crippen LogP contribution is 2.15. The molecule has 0 N–H and O–H groups in total. The standard InChI is InChI=1S/C16H18N2O/c19-16(18-9-2-1-3-10-18)12-13-6-7-14-5-4-8-17-15(14)11-13/h4-8,11H,1-3,9-10,12H2. The predicted octanol–water partition coefficient (Wildman–Crippen LogP) is 2.79. The van der Waals surface area contributed by atoms with Gasteiger partial charge in [-0.1, -0.05) is 18.2 Å². The summed E-state index contributed by atoms with van der Waals surface area (Å²) in [4.78, 5) is 18.5. The Balaban J connectivity index is 1.75. The molecule has 1 saturated heterocycles. The third kappa shape index (κ3) is 2.75. The summed E-state index contributed by atoms with van der Waals surface area (Å²) < 4.78 is 0. The van der Waals surface area contributed by atoms with Crippen molar-refractivity contribution in [3.63, 3.8) is 0 Å². The largest absolute Gasteiger partial charge is 0.342 e. The molecule has 1 aromatic heterocycles. The molecule has 0 aliphatic carbocycles. The van der Waals surface area contributed by atoms with Crippen molar-refractivity contribution in [2.24, 2.45) is 0 Å². The topological polar surface area (TPSA) is 33.2 Å². The molecule has 1 aromatic carbocycles. The van der Waals surface area contributed by atoms with Crippen LogP contribution in [0.3, 0.4) is 0 Å². The number of likely N-dealkylation sites (tertiary alicyclic amines) is 1. The van der Waals surface area contributed by atoms with Crippen LogP contribution in [-0.2, 0) is 11.2 Å². The fraction of sp³-hybridized carbons (Fsp3) is 0.375. The molecule has 98 valence electrons. The van der Waals surface area contributed by atoms with Crippen molar-refractivity contribution in [3.8, 4) is 0 Å². The molecule has 3 nitrogen and oxygen atoms in total. The zero-order valence-corrected chi connectivity index (χ0v) is 11.0. The molecule has 2 aromatic rings. The number of carbonyl (C=O) groups is 1. The van der Waals surface area contributed by atoms with Crippen molar-refractivity contribution in [1.29, 1.82) is 0 Å². The van der Waals surface area contributed by atoms with Gasteiger partial charge in [-0.05, 0) is 37.0 Å². The van der Waals surface area contributed by atoms with Crippen molar-refractivity contribution in [1.82, 2.24) is 9.88 Å². The number of aromatic nitrogens is 1. The van der Waals surface area contributed by atoms with Crippen molar-refractivity contribution in [3.05, 3.63) is 42.1 Å². The van der Waals surface area contributed by atoms with Crippen LogP contribution < -0.4 is 0 Å². The fourth-order valence-electron chi connectivity index (χ4n) is 2.65. The molecule has 3 rings (SSSR count). The molecule has 1 aliphatic heterocycles. The van der Waals surface area contributed by atoms with Crippen molar-refractivity contribution < 1.29 is 4.79 Å². The van der Waals surface area contributed by atoms with Gasteiger partial charge in [0, 0.05) is 24.7 Å². The van der Waals surface area contributed by atoms with Gasteiger partial charge in [0.2, 0.25) is 5.91 Å². The summed E-state index contributed by atoms with van der Waals surface area (Å²) in [7, 11) is 0. The van der Waals surface area contributed by atoms with E-state index in [4.69, 9.17) is 0 Å². The Morgan fingerprint density at radius 3 is 2.84 bits per heavy atom. The second kappa shape index (κ2) is 5.39. The number of hydrogen-bond acceptors (Lipinski definition) is 2. The van der Waals surface area contributed by atoms with Gasteiger partial charge in [0.25, 0.3) is 0 Å². The number of piperidine rings is 1. The molecule has 3 heteroatoms. The van der Waals surface area contributed by atoms with E-state index in [1.54, 1.807) is 6.20 Å². The number of benzene rings is 1. The Labute approximate surface area is 113 Å². The van der Waals surface area contributed by atoms with E-state index < -0.39 is 0 Å². The van der Waals surface area contributed by atoms with Crippen molar-refractivity contribution in [2.45, 2.75) is 25.7 Å². The second-order valence-corrected chi connectivity index (χ2v) is 5.15. The molecule has 0 atom stereocenters. The Kier molecular flexibility index (Phi) is 3.45. The first-order chi connectivity index (χ1) is 9.33. The Bertz CT molecular complexity index is 588. The maximum atomic E-state index is 12.2. The minimum atomic E-state index is 0.245. The Morgan fingerprint density at radius 2 is 2.00 bits per heavy atom. The smallest absolute Gasteiger partial charge is 0.226 e. The lowest BCUT2D eigenvalue weighted by Gasteiger charge is -2.26. The van der Waals surface area contributed by atoms with E-state index >= 15 is 0 Å². The first kappa shape index (κ1) is 12.2. The zero-order valence-electron chi connectivity index (χ0n) is 11.0. The third-order valence-corrected chi connectivity index (χ3v) is 3.73. The van der Waals surface area contributed by atoms with Gasteiger partial charge in [0.1, 0.15) is 0 Å². The molecule has 0 radical (unpaired) electrons. The summed E-state index contributed by atoms with van der Waals surface area (Å²) in [5.74, 6) is 0.245. The highest BCUT2D eigenvalue weighted by atomic mass is 16.2. The molecule has 0 saturated carbocycles. The zero-order chi connectivity index (χ0) is 13.1. The van der Waals surface area contributed by atoms with Gasteiger partial charge in [0.15, 0.2) is 0 Å². The van der Waals surface area contributed by atoms with Crippen LogP contribution in [0.1, 0.15) is 24.8 Å². The van der Waals surface area contributed by atoms with E-state index in [1.165, 1.54) is 6.42 Å². The molecular formula is C16H18N2O. The Hall–Kier alpha value is -1.90. The van der Waals surface area contributed by atoms with Gasteiger partial charge in [-0.25, -0.2) is 0 Å². The number of amides is 1. The van der Waals surface area contributed by atoms with E-state index in [1.807, 2.05) is 35.2 Å². The summed E-state index contributed by atoms with van der Waals surface area (Å²) in [5, 5.41) is 1.12. The van der Waals surface area contributed by atoms with Crippen LogP contribution in [0.2, 0.25) is 0 Å². The Morgan fingerprint density at radius 1 is 1.16 bits per heavy atom. The molecule has 0 unspecified atom stereocenters. The summed E-state index contributed by atoms with van der Waals surface area (Å²) in [6.45, 7) is 1.84. The first-order valence-corrected chi connectivity index (χ1v) is 6.94. The highest BCUT2D eigenvalue weighted by molar-refractivity contribution is 5.83. The minimum Gasteiger partial charge on any atom is -0.342 e. The van der Waals surface area contributed by atoms with Crippen LogP contribution >= 0.6 is 0 Å². The maximum Gasteiger partial charge on any atom is 0.226 e. The van der Waals surface area contributed by atoms with E-state index in [2.05, 4.69) is 4.98 Å². The molecule has 19 heavy (non-hydrogen) atoms. The first-order valence-electron chi connectivity index (χ1n) is 6.94. The number of carbonyl (C=O) groups excluding carboxylic acids is 1. The molecule has 0 spiro atoms. The van der Waals surface area contributed by atoms with Gasteiger partial charge in [-0.15, -0.1) is 0 Å². The molecule has 1 aliphatic rings. The average Bonchev–Trinajstić information content (AvgIpc) is 2.48. The summed E-state index contributed by atoms with van der Waals surface area (Å²) >= 11 is 0. The molecule has 2 heterocycles. The lowest BCUT2D eigenvalue weighted by Crippen LogP contribution is -2.36. The lowest BCUT2D eigenvalue weighted by atomic mass is 10.1. The van der Waals surface area contributed by atoms with E-state index in [0.29, 0.717) is 6.42 Å². The van der Waals surface area contributed by atoms with Gasteiger partial charge in [-0.3, -0.25) is 9.78 Å². The molecular weight excluding hydrogens is 236 g/mol.